The molecule has 15 heavy (non-hydrogen) atoms. The number of nitrogens with zero attached hydrogens (tertiary/aromatic N) is 1. The highest BCUT2D eigenvalue weighted by Gasteiger charge is 2.26. The van der Waals surface area contributed by atoms with Crippen LogP contribution < -0.4 is 0 Å². The Morgan fingerprint density at radius 3 is 3.13 bits per heavy atom. The molecule has 0 aromatic carbocycles. The van der Waals surface area contributed by atoms with Crippen molar-refractivity contribution >= 4 is 11.8 Å². The van der Waals surface area contributed by atoms with Crippen molar-refractivity contribution < 1.29 is 14.7 Å². The number of H-pyrrole nitrogens is 1. The molecule has 0 bridgehead atoms. The van der Waals surface area contributed by atoms with Gasteiger partial charge in [-0.2, -0.15) is 5.10 Å². The molecule has 1 aromatic rings. The van der Waals surface area contributed by atoms with E-state index in [1.54, 1.807) is 6.20 Å². The first-order chi connectivity index (χ1) is 7.16. The van der Waals surface area contributed by atoms with Crippen molar-refractivity contribution in [2.75, 3.05) is 0 Å². The topological polar surface area (TPSA) is 83.0 Å². The highest BCUT2D eigenvalue weighted by molar-refractivity contribution is 5.98. The fraction of sp³-hybridized carbons (Fsp3) is 0.500. The minimum Gasteiger partial charge on any atom is -0.481 e. The molecule has 5 nitrogen and oxygen atoms in total. The Morgan fingerprint density at radius 1 is 1.60 bits per heavy atom. The minimum absolute atomic E-state index is 0.0698. The van der Waals surface area contributed by atoms with Gasteiger partial charge in [0.25, 0.3) is 0 Å². The molecular weight excluding hydrogens is 196 g/mol. The fourth-order valence-corrected chi connectivity index (χ4v) is 1.97. The molecule has 0 fully saturated rings. The van der Waals surface area contributed by atoms with Crippen LogP contribution >= 0.6 is 0 Å². The summed E-state index contributed by atoms with van der Waals surface area (Å²) in [7, 11) is 0. The quantitative estimate of drug-likeness (QED) is 0.776. The lowest BCUT2D eigenvalue weighted by atomic mass is 9.84. The molecule has 1 unspecified atom stereocenters. The van der Waals surface area contributed by atoms with Gasteiger partial charge >= 0.3 is 5.97 Å². The van der Waals surface area contributed by atoms with Gasteiger partial charge in [-0.15, -0.1) is 0 Å². The molecule has 1 aromatic heterocycles. The van der Waals surface area contributed by atoms with E-state index in [1.807, 2.05) is 0 Å². The Kier molecular flexibility index (Phi) is 2.53. The van der Waals surface area contributed by atoms with Gasteiger partial charge in [0.15, 0.2) is 5.78 Å². The first-order valence-corrected chi connectivity index (χ1v) is 4.94. The summed E-state index contributed by atoms with van der Waals surface area (Å²) in [5, 5.41) is 15.2. The zero-order valence-corrected chi connectivity index (χ0v) is 8.19. The standard InChI is InChI=1S/C10H12N2O3/c13-9-4-6(1-2-10(14)15)3-8-7(9)5-11-12-8/h5-6H,1-4H2,(H,11,12)(H,14,15). The summed E-state index contributed by atoms with van der Waals surface area (Å²) in [5.74, 6) is -0.597. The Hall–Kier alpha value is -1.65. The Labute approximate surface area is 86.5 Å². The highest BCUT2D eigenvalue weighted by atomic mass is 16.4. The van der Waals surface area contributed by atoms with Crippen LogP contribution in [0.15, 0.2) is 6.20 Å². The summed E-state index contributed by atoms with van der Waals surface area (Å²) in [6, 6.07) is 0. The Bertz CT molecular complexity index is 397. The van der Waals surface area contributed by atoms with Gasteiger partial charge in [0.05, 0.1) is 11.8 Å². The third-order valence-electron chi connectivity index (χ3n) is 2.75. The van der Waals surface area contributed by atoms with Gasteiger partial charge in [-0.05, 0) is 18.8 Å². The van der Waals surface area contributed by atoms with Crippen LogP contribution in [0.1, 0.15) is 35.3 Å². The maximum Gasteiger partial charge on any atom is 0.303 e. The van der Waals surface area contributed by atoms with E-state index in [0.717, 1.165) is 12.1 Å². The van der Waals surface area contributed by atoms with E-state index in [1.165, 1.54) is 0 Å². The summed E-state index contributed by atoms with van der Waals surface area (Å²) in [5.41, 5.74) is 1.52. The van der Waals surface area contributed by atoms with Crippen LogP contribution in [0.5, 0.6) is 0 Å². The average Bonchev–Trinajstić information content (AvgIpc) is 2.63. The number of rotatable bonds is 3. The summed E-state index contributed by atoms with van der Waals surface area (Å²) in [6.07, 6.45) is 3.40. The first-order valence-electron chi connectivity index (χ1n) is 4.94. The maximum absolute atomic E-state index is 11.6. The lowest BCUT2D eigenvalue weighted by molar-refractivity contribution is -0.137. The predicted molar refractivity (Wildman–Crippen MR) is 51.6 cm³/mol. The lowest BCUT2D eigenvalue weighted by Crippen LogP contribution is -2.20. The van der Waals surface area contributed by atoms with Crippen LogP contribution in [-0.4, -0.2) is 27.1 Å². The van der Waals surface area contributed by atoms with Crippen molar-refractivity contribution in [1.29, 1.82) is 0 Å². The largest absolute Gasteiger partial charge is 0.481 e. The fourth-order valence-electron chi connectivity index (χ4n) is 1.97. The number of fused-ring (bicyclic) bond motifs is 1. The van der Waals surface area contributed by atoms with Gasteiger partial charge in [-0.3, -0.25) is 14.7 Å². The number of Topliss-reactive ketones (excluding diaryl/α,β-unsaturated/α-hetero) is 1. The van der Waals surface area contributed by atoms with Crippen molar-refractivity contribution in [2.45, 2.75) is 25.7 Å². The zero-order chi connectivity index (χ0) is 10.8. The minimum atomic E-state index is -0.808. The summed E-state index contributed by atoms with van der Waals surface area (Å²) in [4.78, 5) is 22.0. The summed E-state index contributed by atoms with van der Waals surface area (Å²) < 4.78 is 0. The monoisotopic (exact) mass is 208 g/mol. The molecular formula is C10H12N2O3. The molecule has 0 radical (unpaired) electrons. The highest BCUT2D eigenvalue weighted by Crippen LogP contribution is 2.26. The Morgan fingerprint density at radius 2 is 2.40 bits per heavy atom. The number of nitrogens with one attached hydrogen (secondary N) is 1. The molecule has 5 heteroatoms. The SMILES string of the molecule is O=C(O)CCC1CC(=O)c2cn[nH]c2C1. The van der Waals surface area contributed by atoms with E-state index in [-0.39, 0.29) is 18.1 Å². The molecule has 1 aliphatic rings. The van der Waals surface area contributed by atoms with Crippen LogP contribution in [0, 0.1) is 5.92 Å². The molecule has 0 saturated heterocycles. The number of carbonyl (C=O) groups is 2. The van der Waals surface area contributed by atoms with Gasteiger partial charge in [0, 0.05) is 18.5 Å². The molecule has 1 atom stereocenters. The number of hydrogen-bond donors (Lipinski definition) is 2. The summed E-state index contributed by atoms with van der Waals surface area (Å²) >= 11 is 0. The molecule has 2 rings (SSSR count). The molecule has 1 heterocycles. The Balaban J connectivity index is 2.03. The number of aromatic amines is 1. The van der Waals surface area contributed by atoms with Gasteiger partial charge in [0.1, 0.15) is 0 Å². The van der Waals surface area contributed by atoms with E-state index in [4.69, 9.17) is 5.11 Å². The molecule has 0 saturated carbocycles. The third-order valence-corrected chi connectivity index (χ3v) is 2.75. The molecule has 0 amide bonds. The summed E-state index contributed by atoms with van der Waals surface area (Å²) in [6.45, 7) is 0. The van der Waals surface area contributed by atoms with Crippen LogP contribution in [0.3, 0.4) is 0 Å². The van der Waals surface area contributed by atoms with Gasteiger partial charge in [0.2, 0.25) is 0 Å². The van der Waals surface area contributed by atoms with Crippen LogP contribution in [0.2, 0.25) is 0 Å². The molecule has 80 valence electrons. The van der Waals surface area contributed by atoms with E-state index < -0.39 is 5.97 Å². The molecule has 0 aliphatic heterocycles. The van der Waals surface area contributed by atoms with Gasteiger partial charge < -0.3 is 5.11 Å². The number of ketones is 1. The maximum atomic E-state index is 11.6. The normalized spacial score (nSPS) is 20.0. The lowest BCUT2D eigenvalue weighted by Gasteiger charge is -2.19. The van der Waals surface area contributed by atoms with E-state index in [0.29, 0.717) is 18.4 Å². The number of carbonyl (C=O) groups excluding carboxylic acids is 1. The number of aromatic nitrogens is 2. The van der Waals surface area contributed by atoms with Crippen molar-refractivity contribution in [2.24, 2.45) is 5.92 Å². The van der Waals surface area contributed by atoms with Crippen LogP contribution in [-0.2, 0) is 11.2 Å². The van der Waals surface area contributed by atoms with Crippen LogP contribution in [0.4, 0.5) is 0 Å². The van der Waals surface area contributed by atoms with E-state index in [2.05, 4.69) is 10.2 Å². The zero-order valence-electron chi connectivity index (χ0n) is 8.19. The van der Waals surface area contributed by atoms with Crippen LogP contribution in [0.25, 0.3) is 0 Å². The second-order valence-corrected chi connectivity index (χ2v) is 3.89. The number of aliphatic carboxylic acids is 1. The number of carboxylic acids is 1. The number of carboxylic acid groups (broad SMARTS) is 1. The van der Waals surface area contributed by atoms with Crippen molar-refractivity contribution in [3.63, 3.8) is 0 Å². The molecule has 0 spiro atoms. The average molecular weight is 208 g/mol. The van der Waals surface area contributed by atoms with E-state index >= 15 is 0 Å². The smallest absolute Gasteiger partial charge is 0.303 e. The number of hydrogen-bond acceptors (Lipinski definition) is 3. The van der Waals surface area contributed by atoms with Crippen molar-refractivity contribution in [3.8, 4) is 0 Å². The third kappa shape index (κ3) is 2.06. The molecule has 2 N–H and O–H groups in total. The van der Waals surface area contributed by atoms with Gasteiger partial charge in [-0.1, -0.05) is 0 Å². The second kappa shape index (κ2) is 3.84. The van der Waals surface area contributed by atoms with Crippen molar-refractivity contribution in [3.05, 3.63) is 17.5 Å². The van der Waals surface area contributed by atoms with Gasteiger partial charge in [-0.25, -0.2) is 0 Å². The molecule has 1 aliphatic carbocycles. The van der Waals surface area contributed by atoms with E-state index in [9.17, 15) is 9.59 Å². The predicted octanol–water partition coefficient (Wildman–Crippen LogP) is 1.02. The van der Waals surface area contributed by atoms with Crippen molar-refractivity contribution in [1.82, 2.24) is 10.2 Å². The second-order valence-electron chi connectivity index (χ2n) is 3.89. The first kappa shape index (κ1) is 9.89.